The minimum atomic E-state index is -0.442. The molecule has 6 nitrogen and oxygen atoms in total. The number of nitrogens with zero attached hydrogens (tertiary/aromatic N) is 2. The number of aromatic hydroxyl groups is 1. The highest BCUT2D eigenvalue weighted by atomic mass is 32.2. The van der Waals surface area contributed by atoms with Gasteiger partial charge in [0.05, 0.1) is 18.5 Å². The molecule has 0 amide bonds. The molecule has 29 heavy (non-hydrogen) atoms. The second-order valence-corrected chi connectivity index (χ2v) is 8.26. The zero-order chi connectivity index (χ0) is 20.5. The molecule has 0 fully saturated rings. The van der Waals surface area contributed by atoms with E-state index in [0.717, 1.165) is 21.9 Å². The first-order valence-corrected chi connectivity index (χ1v) is 10.3. The van der Waals surface area contributed by atoms with Crippen molar-refractivity contribution in [1.29, 1.82) is 0 Å². The summed E-state index contributed by atoms with van der Waals surface area (Å²) in [6.07, 6.45) is 0.471. The highest BCUT2D eigenvalue weighted by molar-refractivity contribution is 7.99. The number of benzene rings is 2. The van der Waals surface area contributed by atoms with Gasteiger partial charge in [0.15, 0.2) is 4.77 Å². The number of thioether (sulfide) groups is 1. The van der Waals surface area contributed by atoms with Crippen LogP contribution in [0.4, 0.5) is 5.69 Å². The molecule has 1 aromatic heterocycles. The quantitative estimate of drug-likeness (QED) is 0.604. The lowest BCUT2D eigenvalue weighted by atomic mass is 10.0. The molecule has 1 aliphatic heterocycles. The van der Waals surface area contributed by atoms with E-state index in [1.807, 2.05) is 48.5 Å². The van der Waals surface area contributed by atoms with Crippen LogP contribution < -0.4 is 10.3 Å². The smallest absolute Gasteiger partial charge is 0.264 e. The summed E-state index contributed by atoms with van der Waals surface area (Å²) in [5.41, 5.74) is 2.08. The van der Waals surface area contributed by atoms with Gasteiger partial charge in [0.25, 0.3) is 5.56 Å². The second kappa shape index (κ2) is 7.88. The molecule has 0 aliphatic carbocycles. The van der Waals surface area contributed by atoms with Crippen LogP contribution in [0, 0.1) is 4.77 Å². The number of nitrogens with one attached hydrogen (secondary N) is 1. The Labute approximate surface area is 176 Å². The van der Waals surface area contributed by atoms with Crippen molar-refractivity contribution in [2.24, 2.45) is 12.0 Å². The van der Waals surface area contributed by atoms with Gasteiger partial charge < -0.3 is 9.84 Å². The first-order chi connectivity index (χ1) is 14.0. The molecule has 2 aromatic carbocycles. The number of hydrogen-bond acceptors (Lipinski definition) is 6. The van der Waals surface area contributed by atoms with E-state index in [2.05, 4.69) is 4.98 Å². The van der Waals surface area contributed by atoms with Crippen LogP contribution in [-0.4, -0.2) is 27.5 Å². The first-order valence-electron chi connectivity index (χ1n) is 8.97. The lowest BCUT2D eigenvalue weighted by molar-refractivity contribution is 0.414. The molecule has 8 heteroatoms. The van der Waals surface area contributed by atoms with E-state index in [4.69, 9.17) is 21.9 Å². The SMILES string of the molecule is COc1ccc([C@H]2CC(c3c(O)n(C)c(=S)[nH]c3=O)=Nc3ccccc3S2)cc1. The van der Waals surface area contributed by atoms with Crippen molar-refractivity contribution in [2.75, 3.05) is 7.11 Å². The molecule has 0 radical (unpaired) electrons. The maximum Gasteiger partial charge on any atom is 0.264 e. The third-order valence-corrected chi connectivity index (χ3v) is 6.54. The fourth-order valence-corrected chi connectivity index (χ4v) is 4.65. The molecule has 0 bridgehead atoms. The molecule has 0 unspecified atom stereocenters. The predicted octanol–water partition coefficient (Wildman–Crippen LogP) is 4.51. The van der Waals surface area contributed by atoms with Crippen molar-refractivity contribution < 1.29 is 9.84 Å². The van der Waals surface area contributed by atoms with Gasteiger partial charge in [0, 0.05) is 23.6 Å². The number of H-pyrrole nitrogens is 1. The van der Waals surface area contributed by atoms with Crippen molar-refractivity contribution in [3.8, 4) is 11.6 Å². The topological polar surface area (TPSA) is 79.6 Å². The number of hydrogen-bond donors (Lipinski definition) is 2. The molecule has 2 N–H and O–H groups in total. The van der Waals surface area contributed by atoms with E-state index in [9.17, 15) is 9.90 Å². The monoisotopic (exact) mass is 425 g/mol. The summed E-state index contributed by atoms with van der Waals surface area (Å²) in [6.45, 7) is 0. The van der Waals surface area contributed by atoms with Crippen molar-refractivity contribution in [1.82, 2.24) is 9.55 Å². The molecule has 1 aliphatic rings. The number of aromatic nitrogens is 2. The highest BCUT2D eigenvalue weighted by Gasteiger charge is 2.26. The van der Waals surface area contributed by atoms with Gasteiger partial charge in [-0.3, -0.25) is 19.3 Å². The Morgan fingerprint density at radius 1 is 1.24 bits per heavy atom. The van der Waals surface area contributed by atoms with Gasteiger partial charge in [-0.15, -0.1) is 11.8 Å². The number of aromatic amines is 1. The van der Waals surface area contributed by atoms with Gasteiger partial charge in [-0.1, -0.05) is 24.3 Å². The van der Waals surface area contributed by atoms with Gasteiger partial charge in [-0.2, -0.15) is 0 Å². The standard InChI is InChI=1S/C21H19N3O3S2/c1-24-20(26)18(19(25)23-21(24)28)15-11-17(12-7-9-13(27-2)10-8-12)29-16-6-4-3-5-14(16)22-15/h3-10,17,26H,11H2,1-2H3,(H,23,25,28)/t17-/m1/s1. The molecule has 1 atom stereocenters. The van der Waals surface area contributed by atoms with Gasteiger partial charge in [0.2, 0.25) is 5.88 Å². The Morgan fingerprint density at radius 3 is 2.69 bits per heavy atom. The average Bonchev–Trinajstić information content (AvgIpc) is 2.92. The lowest BCUT2D eigenvalue weighted by Gasteiger charge is -2.17. The van der Waals surface area contributed by atoms with Crippen molar-refractivity contribution >= 4 is 35.4 Å². The Balaban J connectivity index is 1.87. The highest BCUT2D eigenvalue weighted by Crippen LogP contribution is 2.45. The van der Waals surface area contributed by atoms with Crippen LogP contribution in [0.5, 0.6) is 11.6 Å². The fourth-order valence-electron chi connectivity index (χ4n) is 3.24. The van der Waals surface area contributed by atoms with Crippen molar-refractivity contribution in [3.63, 3.8) is 0 Å². The number of ether oxygens (including phenoxy) is 1. The maximum atomic E-state index is 12.7. The zero-order valence-electron chi connectivity index (χ0n) is 15.9. The van der Waals surface area contributed by atoms with E-state index >= 15 is 0 Å². The summed E-state index contributed by atoms with van der Waals surface area (Å²) in [5.74, 6) is 0.596. The largest absolute Gasteiger partial charge is 0.497 e. The Bertz CT molecular complexity index is 1210. The average molecular weight is 426 g/mol. The molecule has 0 spiro atoms. The summed E-state index contributed by atoms with van der Waals surface area (Å²) in [7, 11) is 3.24. The predicted molar refractivity (Wildman–Crippen MR) is 117 cm³/mol. The van der Waals surface area contributed by atoms with E-state index in [-0.39, 0.29) is 21.5 Å². The summed E-state index contributed by atoms with van der Waals surface area (Å²) in [4.78, 5) is 21.1. The lowest BCUT2D eigenvalue weighted by Crippen LogP contribution is -2.23. The van der Waals surface area contributed by atoms with Gasteiger partial charge in [-0.25, -0.2) is 0 Å². The first kappa shape index (κ1) is 19.5. The second-order valence-electron chi connectivity index (χ2n) is 6.63. The van der Waals surface area contributed by atoms with Crippen LogP contribution in [0.2, 0.25) is 0 Å². The molecule has 148 valence electrons. The van der Waals surface area contributed by atoms with E-state index in [1.54, 1.807) is 25.9 Å². The van der Waals surface area contributed by atoms with E-state index < -0.39 is 5.56 Å². The number of rotatable bonds is 3. The van der Waals surface area contributed by atoms with Crippen molar-refractivity contribution in [2.45, 2.75) is 16.6 Å². The van der Waals surface area contributed by atoms with E-state index in [1.165, 1.54) is 4.57 Å². The van der Waals surface area contributed by atoms with Crippen LogP contribution in [-0.2, 0) is 7.05 Å². The summed E-state index contributed by atoms with van der Waals surface area (Å²) in [6, 6.07) is 15.7. The molecule has 2 heterocycles. The molecule has 0 saturated carbocycles. The number of fused-ring (bicyclic) bond motifs is 1. The van der Waals surface area contributed by atoms with Gasteiger partial charge >= 0.3 is 0 Å². The third kappa shape index (κ3) is 3.73. The third-order valence-electron chi connectivity index (χ3n) is 4.84. The normalized spacial score (nSPS) is 15.9. The van der Waals surface area contributed by atoms with Crippen LogP contribution in [0.15, 0.2) is 63.2 Å². The summed E-state index contributed by atoms with van der Waals surface area (Å²) in [5, 5.41) is 10.7. The Kier molecular flexibility index (Phi) is 5.29. The van der Waals surface area contributed by atoms with Gasteiger partial charge in [-0.05, 0) is 42.0 Å². The minimum absolute atomic E-state index is 0.00981. The number of methoxy groups -OCH3 is 1. The van der Waals surface area contributed by atoms with Gasteiger partial charge in [0.1, 0.15) is 11.3 Å². The fraction of sp³-hybridized carbons (Fsp3) is 0.190. The molecular weight excluding hydrogens is 406 g/mol. The van der Waals surface area contributed by atoms with E-state index in [0.29, 0.717) is 12.1 Å². The molecule has 0 saturated heterocycles. The molecular formula is C21H19N3O3S2. The number of aliphatic imine (C=N–C) groups is 1. The van der Waals surface area contributed by atoms with Crippen LogP contribution in [0.1, 0.15) is 22.8 Å². The van der Waals surface area contributed by atoms with Crippen LogP contribution in [0.3, 0.4) is 0 Å². The Hall–Kier alpha value is -2.84. The minimum Gasteiger partial charge on any atom is -0.497 e. The molecule has 3 aromatic rings. The number of para-hydroxylation sites is 1. The Morgan fingerprint density at radius 2 is 1.97 bits per heavy atom. The molecule has 4 rings (SSSR count). The van der Waals surface area contributed by atoms with Crippen LogP contribution in [0.25, 0.3) is 0 Å². The van der Waals surface area contributed by atoms with Crippen LogP contribution >= 0.6 is 24.0 Å². The summed E-state index contributed by atoms with van der Waals surface area (Å²) < 4.78 is 6.80. The summed E-state index contributed by atoms with van der Waals surface area (Å²) >= 11 is 6.78. The zero-order valence-corrected chi connectivity index (χ0v) is 17.5. The van der Waals surface area contributed by atoms with Crippen molar-refractivity contribution in [3.05, 3.63) is 74.8 Å². The maximum absolute atomic E-state index is 12.7.